The summed E-state index contributed by atoms with van der Waals surface area (Å²) in [6, 6.07) is 8.57. The Bertz CT molecular complexity index is 1250. The van der Waals surface area contributed by atoms with Gasteiger partial charge in [-0.2, -0.15) is 0 Å². The van der Waals surface area contributed by atoms with Gasteiger partial charge in [0.1, 0.15) is 12.4 Å². The lowest BCUT2D eigenvalue weighted by Gasteiger charge is -2.27. The highest BCUT2D eigenvalue weighted by molar-refractivity contribution is 7.52. The minimum atomic E-state index is -4.43. The second-order valence-corrected chi connectivity index (χ2v) is 10.5. The number of carbonyl (C=O) groups excluding carboxylic acids is 1. The van der Waals surface area contributed by atoms with Crippen molar-refractivity contribution < 1.29 is 41.8 Å². The van der Waals surface area contributed by atoms with E-state index in [4.69, 9.17) is 18.5 Å². The number of ether oxygens (including phenoxy) is 2. The Labute approximate surface area is 210 Å². The van der Waals surface area contributed by atoms with E-state index in [9.17, 15) is 24.1 Å². The molecule has 1 fully saturated rings. The number of hydrogen-bond acceptors (Lipinski definition) is 9. The Morgan fingerprint density at radius 1 is 1.27 bits per heavy atom. The Hall–Kier alpha value is -2.90. The Morgan fingerprint density at radius 2 is 1.95 bits per heavy atom. The number of aromatic amines is 1. The summed E-state index contributed by atoms with van der Waals surface area (Å²) in [6.45, 7) is 2.54. The first kappa shape index (κ1) is 28.7. The van der Waals surface area contributed by atoms with E-state index in [1.165, 1.54) is 12.1 Å². The third-order valence-electron chi connectivity index (χ3n) is 5.24. The van der Waals surface area contributed by atoms with Crippen LogP contribution >= 0.6 is 7.75 Å². The first-order valence-corrected chi connectivity index (χ1v) is 12.8. The van der Waals surface area contributed by atoms with E-state index >= 15 is 8.78 Å². The molecule has 1 aliphatic rings. The zero-order valence-electron chi connectivity index (χ0n) is 20.3. The lowest BCUT2D eigenvalue weighted by atomic mass is 9.97. The first-order valence-electron chi connectivity index (χ1n) is 11.2. The number of nitrogens with one attached hydrogen (secondary N) is 2. The standard InChI is InChI=1S/C22H28F2N3O9P/c1-14(2)34-17(29)9-11-25-37(32,36-15-7-5-4-6-8-15)33-13-22(24)18(30)21(3,23)19(35-22)27-12-10-16(28)26-20(27)31/h4-8,10,12,14,18-19,30H,9,11,13H2,1-3H3,(H,25,32)(H,26,28,31)/t18-,19+,21+,22+,37-/m0/s1. The molecule has 3 N–H and O–H groups in total. The van der Waals surface area contributed by atoms with E-state index < -0.39 is 55.4 Å². The molecule has 0 radical (unpaired) electrons. The summed E-state index contributed by atoms with van der Waals surface area (Å²) in [6.07, 6.45) is -4.24. The minimum Gasteiger partial charge on any atom is -0.463 e. The topological polar surface area (TPSA) is 158 Å². The minimum absolute atomic E-state index is 0.0666. The summed E-state index contributed by atoms with van der Waals surface area (Å²) in [4.78, 5) is 37.1. The fraction of sp³-hybridized carbons (Fsp3) is 0.500. The Morgan fingerprint density at radius 3 is 2.57 bits per heavy atom. The van der Waals surface area contributed by atoms with Gasteiger partial charge in [-0.15, -0.1) is 0 Å². The molecular weight excluding hydrogens is 519 g/mol. The van der Waals surface area contributed by atoms with Crippen molar-refractivity contribution >= 4 is 13.7 Å². The highest BCUT2D eigenvalue weighted by atomic mass is 31.2. The second kappa shape index (κ2) is 11.2. The number of para-hydroxylation sites is 1. The number of aliphatic hydroxyl groups excluding tert-OH is 1. The summed E-state index contributed by atoms with van der Waals surface area (Å²) >= 11 is 0. The maximum absolute atomic E-state index is 15.7. The molecule has 0 saturated carbocycles. The summed E-state index contributed by atoms with van der Waals surface area (Å²) in [5.74, 6) is -3.83. The molecule has 2 aromatic rings. The summed E-state index contributed by atoms with van der Waals surface area (Å²) in [5, 5.41) is 12.8. The van der Waals surface area contributed by atoms with Crippen molar-refractivity contribution in [1.29, 1.82) is 0 Å². The van der Waals surface area contributed by atoms with Crippen LogP contribution in [-0.2, 0) is 23.4 Å². The third-order valence-corrected chi connectivity index (χ3v) is 6.77. The van der Waals surface area contributed by atoms with Crippen LogP contribution in [0.4, 0.5) is 8.78 Å². The van der Waals surface area contributed by atoms with E-state index in [1.54, 1.807) is 32.0 Å². The number of nitrogens with zero attached hydrogens (tertiary/aromatic N) is 1. The normalized spacial score (nSPS) is 27.1. The average molecular weight is 547 g/mol. The second-order valence-electron chi connectivity index (χ2n) is 8.70. The number of aliphatic hydroxyl groups is 1. The molecule has 0 amide bonds. The van der Waals surface area contributed by atoms with Gasteiger partial charge in [-0.05, 0) is 32.9 Å². The van der Waals surface area contributed by atoms with Crippen LogP contribution in [0.5, 0.6) is 5.75 Å². The van der Waals surface area contributed by atoms with Gasteiger partial charge in [0, 0.05) is 18.8 Å². The number of halogens is 2. The first-order chi connectivity index (χ1) is 17.3. The zero-order chi connectivity index (χ0) is 27.4. The quantitative estimate of drug-likeness (QED) is 0.281. The van der Waals surface area contributed by atoms with Crippen LogP contribution in [0.1, 0.15) is 33.4 Å². The molecular formula is C22H28F2N3O9P. The van der Waals surface area contributed by atoms with Crippen LogP contribution in [0.15, 0.2) is 52.2 Å². The van der Waals surface area contributed by atoms with Gasteiger partial charge in [-0.3, -0.25) is 23.7 Å². The van der Waals surface area contributed by atoms with Crippen molar-refractivity contribution in [2.45, 2.75) is 57.2 Å². The van der Waals surface area contributed by atoms with Crippen LogP contribution in [-0.4, -0.2) is 57.5 Å². The molecule has 37 heavy (non-hydrogen) atoms. The molecule has 2 heterocycles. The molecule has 0 aliphatic carbocycles. The van der Waals surface area contributed by atoms with E-state index in [0.29, 0.717) is 4.57 Å². The number of hydrogen-bond donors (Lipinski definition) is 3. The highest BCUT2D eigenvalue weighted by Crippen LogP contribution is 2.51. The SMILES string of the molecule is CC(C)OC(=O)CCN[P@](=O)(OC[C@@]1(F)O[C@@H](n2ccc(=O)[nH]c2=O)[C@](C)(F)[C@@H]1O)Oc1ccccc1. The van der Waals surface area contributed by atoms with Crippen LogP contribution in [0, 0.1) is 0 Å². The summed E-state index contributed by atoms with van der Waals surface area (Å²) in [7, 11) is -4.43. The van der Waals surface area contributed by atoms with Crippen molar-refractivity contribution in [2.75, 3.05) is 13.2 Å². The van der Waals surface area contributed by atoms with E-state index in [2.05, 4.69) is 5.09 Å². The van der Waals surface area contributed by atoms with E-state index in [-0.39, 0.29) is 24.8 Å². The molecule has 15 heteroatoms. The van der Waals surface area contributed by atoms with Crippen molar-refractivity contribution in [3.05, 3.63) is 63.4 Å². The number of H-pyrrole nitrogens is 1. The monoisotopic (exact) mass is 547 g/mol. The maximum atomic E-state index is 15.7. The molecule has 5 atom stereocenters. The fourth-order valence-electron chi connectivity index (χ4n) is 3.49. The number of rotatable bonds is 11. The molecule has 1 aliphatic heterocycles. The van der Waals surface area contributed by atoms with Crippen LogP contribution in [0.3, 0.4) is 0 Å². The van der Waals surface area contributed by atoms with Crippen molar-refractivity contribution in [3.8, 4) is 5.75 Å². The lowest BCUT2D eigenvalue weighted by Crippen LogP contribution is -2.47. The molecule has 0 bridgehead atoms. The van der Waals surface area contributed by atoms with Crippen LogP contribution in [0.25, 0.3) is 0 Å². The summed E-state index contributed by atoms with van der Waals surface area (Å²) in [5.41, 5.74) is -4.76. The molecule has 1 saturated heterocycles. The van der Waals surface area contributed by atoms with Gasteiger partial charge in [0.15, 0.2) is 18.0 Å². The van der Waals surface area contributed by atoms with E-state index in [1.807, 2.05) is 4.98 Å². The molecule has 1 aromatic carbocycles. The zero-order valence-corrected chi connectivity index (χ0v) is 21.2. The van der Waals surface area contributed by atoms with Gasteiger partial charge in [-0.25, -0.2) is 23.2 Å². The predicted octanol–water partition coefficient (Wildman–Crippen LogP) is 1.96. The number of aromatic nitrogens is 2. The maximum Gasteiger partial charge on any atom is 0.458 e. The number of esters is 1. The third kappa shape index (κ3) is 6.90. The van der Waals surface area contributed by atoms with Crippen molar-refractivity contribution in [1.82, 2.24) is 14.6 Å². The molecule has 0 unspecified atom stereocenters. The van der Waals surface area contributed by atoms with Crippen molar-refractivity contribution in [2.24, 2.45) is 0 Å². The molecule has 0 spiro atoms. The van der Waals surface area contributed by atoms with Crippen LogP contribution in [0.2, 0.25) is 0 Å². The van der Waals surface area contributed by atoms with Gasteiger partial charge >= 0.3 is 19.4 Å². The molecule has 3 rings (SSSR count). The number of benzene rings is 1. The number of alkyl halides is 2. The van der Waals surface area contributed by atoms with E-state index in [0.717, 1.165) is 19.2 Å². The number of carbonyl (C=O) groups is 1. The van der Waals surface area contributed by atoms with Crippen molar-refractivity contribution in [3.63, 3.8) is 0 Å². The highest BCUT2D eigenvalue weighted by Gasteiger charge is 2.65. The predicted molar refractivity (Wildman–Crippen MR) is 125 cm³/mol. The van der Waals surface area contributed by atoms with Gasteiger partial charge in [0.25, 0.3) is 11.4 Å². The fourth-order valence-corrected chi connectivity index (χ4v) is 4.83. The smallest absolute Gasteiger partial charge is 0.458 e. The lowest BCUT2D eigenvalue weighted by molar-refractivity contribution is -0.203. The van der Waals surface area contributed by atoms with Gasteiger partial charge < -0.3 is 19.1 Å². The van der Waals surface area contributed by atoms with Gasteiger partial charge in [0.05, 0.1) is 12.5 Å². The molecule has 12 nitrogen and oxygen atoms in total. The van der Waals surface area contributed by atoms with Gasteiger partial charge in [-0.1, -0.05) is 18.2 Å². The van der Waals surface area contributed by atoms with Crippen LogP contribution < -0.4 is 20.9 Å². The molecule has 1 aromatic heterocycles. The Balaban J connectivity index is 1.79. The average Bonchev–Trinajstić information content (AvgIpc) is 2.98. The Kier molecular flexibility index (Phi) is 8.70. The summed E-state index contributed by atoms with van der Waals surface area (Å²) < 4.78 is 65.7. The largest absolute Gasteiger partial charge is 0.463 e. The van der Waals surface area contributed by atoms with Gasteiger partial charge in [0.2, 0.25) is 0 Å². The molecule has 204 valence electrons.